The topological polar surface area (TPSA) is 133 Å². The van der Waals surface area contributed by atoms with Crippen molar-refractivity contribution in [3.8, 4) is 11.5 Å². The number of fused-ring (bicyclic) bond motifs is 2. The molecule has 0 bridgehead atoms. The van der Waals surface area contributed by atoms with Crippen LogP contribution < -0.4 is 14.8 Å². The fourth-order valence-corrected chi connectivity index (χ4v) is 7.64. The molecule has 11 nitrogen and oxygen atoms in total. The number of benzene rings is 2. The fraction of sp³-hybridized carbons (Fsp3) is 0.594. The number of nitrogens with zero attached hydrogens (tertiary/aromatic N) is 1. The second-order valence-electron chi connectivity index (χ2n) is 11.6. The Balaban J connectivity index is 1.37. The minimum Gasteiger partial charge on any atom is -0.497 e. The number of carbonyl (C=O) groups excluding carboxylic acids is 1. The van der Waals surface area contributed by atoms with Crippen LogP contribution in [0.2, 0.25) is 0 Å². The molecule has 3 heterocycles. The molecule has 2 N–H and O–H groups in total. The summed E-state index contributed by atoms with van der Waals surface area (Å²) < 4.78 is 57.8. The predicted octanol–water partition coefficient (Wildman–Crippen LogP) is 3.88. The third-order valence-corrected chi connectivity index (χ3v) is 10.4. The van der Waals surface area contributed by atoms with Crippen LogP contribution >= 0.6 is 0 Å². The van der Waals surface area contributed by atoms with Crippen molar-refractivity contribution in [3.05, 3.63) is 54.1 Å². The van der Waals surface area contributed by atoms with E-state index >= 15 is 0 Å². The van der Waals surface area contributed by atoms with Crippen LogP contribution in [-0.2, 0) is 30.7 Å². The van der Waals surface area contributed by atoms with Gasteiger partial charge in [-0.15, -0.1) is 0 Å². The van der Waals surface area contributed by atoms with Gasteiger partial charge >= 0.3 is 6.09 Å². The monoisotopic (exact) mass is 632 g/mol. The molecule has 12 heteroatoms. The van der Waals surface area contributed by atoms with Gasteiger partial charge in [-0.3, -0.25) is 0 Å². The van der Waals surface area contributed by atoms with E-state index in [-0.39, 0.29) is 49.0 Å². The number of aliphatic hydroxyl groups is 1. The first kappa shape index (κ1) is 32.5. The molecule has 3 aliphatic rings. The summed E-state index contributed by atoms with van der Waals surface area (Å²) in [6.07, 6.45) is 3.62. The van der Waals surface area contributed by atoms with Gasteiger partial charge in [0.25, 0.3) is 0 Å². The highest BCUT2D eigenvalue weighted by Crippen LogP contribution is 2.34. The molecule has 44 heavy (non-hydrogen) atoms. The first-order chi connectivity index (χ1) is 21.3. The highest BCUT2D eigenvalue weighted by atomic mass is 32.2. The molecule has 0 radical (unpaired) electrons. The summed E-state index contributed by atoms with van der Waals surface area (Å²) in [5, 5.41) is 14.4. The molecule has 5 rings (SSSR count). The van der Waals surface area contributed by atoms with Gasteiger partial charge in [0.15, 0.2) is 6.29 Å². The van der Waals surface area contributed by atoms with E-state index in [1.807, 2.05) is 30.3 Å². The van der Waals surface area contributed by atoms with Gasteiger partial charge in [-0.05, 0) is 43.4 Å². The molecule has 3 aliphatic heterocycles. The van der Waals surface area contributed by atoms with Crippen molar-refractivity contribution in [1.29, 1.82) is 0 Å². The van der Waals surface area contributed by atoms with Crippen LogP contribution in [0.5, 0.6) is 11.5 Å². The molecular formula is C32H44N2O9S. The normalized spacial score (nSPS) is 25.5. The van der Waals surface area contributed by atoms with Crippen LogP contribution in [0.4, 0.5) is 4.79 Å². The number of β-amino-alcohol motifs (C(OH)–C–C–N with tert-alkyl or cyclic N) is 1. The number of rotatable bonds is 8. The standard InChI is InChI=1S/C32H44N2O9S/c1-39-24-13-14-30-28(20-24)40-17-10-5-3-2-4-9-16-34(44(30,37)38)21-27(35)26(19-23-11-7-6-8-12-23)33-32(36)43-29-22-42-31-25(29)15-18-41-31/h6-8,11-14,20,25-27,29,31,35H,2-5,9-10,15-19,21-22H2,1H3,(H,33,36)/t25?,26-,27+,29?,31?/m0/s1. The average Bonchev–Trinajstić information content (AvgIpc) is 3.64. The van der Waals surface area contributed by atoms with E-state index < -0.39 is 34.4 Å². The van der Waals surface area contributed by atoms with Crippen molar-refractivity contribution in [2.75, 3.05) is 40.0 Å². The van der Waals surface area contributed by atoms with Crippen LogP contribution in [0.25, 0.3) is 0 Å². The Morgan fingerprint density at radius 2 is 1.82 bits per heavy atom. The number of carbonyl (C=O) groups is 1. The second kappa shape index (κ2) is 15.4. The Kier molecular flexibility index (Phi) is 11.4. The second-order valence-corrected chi connectivity index (χ2v) is 13.5. The lowest BCUT2D eigenvalue weighted by atomic mass is 10.0. The molecule has 0 spiro atoms. The summed E-state index contributed by atoms with van der Waals surface area (Å²) in [7, 11) is -2.57. The average molecular weight is 633 g/mol. The summed E-state index contributed by atoms with van der Waals surface area (Å²) in [5.74, 6) is 0.679. The van der Waals surface area contributed by atoms with Gasteiger partial charge < -0.3 is 34.1 Å². The molecule has 0 aliphatic carbocycles. The number of hydrogen-bond donors (Lipinski definition) is 2. The van der Waals surface area contributed by atoms with Crippen molar-refractivity contribution in [1.82, 2.24) is 9.62 Å². The molecular weight excluding hydrogens is 588 g/mol. The zero-order chi connectivity index (χ0) is 30.9. The lowest BCUT2D eigenvalue weighted by Crippen LogP contribution is -2.51. The van der Waals surface area contributed by atoms with Gasteiger partial charge in [0.1, 0.15) is 22.5 Å². The number of aliphatic hydroxyl groups excluding tert-OH is 1. The number of hydrogen-bond acceptors (Lipinski definition) is 9. The Morgan fingerprint density at radius 3 is 2.61 bits per heavy atom. The van der Waals surface area contributed by atoms with E-state index in [2.05, 4.69) is 5.32 Å². The van der Waals surface area contributed by atoms with Crippen LogP contribution in [0.15, 0.2) is 53.4 Å². The van der Waals surface area contributed by atoms with E-state index in [4.69, 9.17) is 23.7 Å². The molecule has 2 aromatic rings. The zero-order valence-corrected chi connectivity index (χ0v) is 26.1. The summed E-state index contributed by atoms with van der Waals surface area (Å²) in [4.78, 5) is 13.1. The Labute approximate surface area is 259 Å². The Bertz CT molecular complexity index is 1330. The highest BCUT2D eigenvalue weighted by Gasteiger charge is 2.44. The SMILES string of the molecule is COc1ccc2c(c1)OCCCCCCCCN(C[C@@H](O)[C@H](Cc1ccccc1)NC(=O)OC1COC3OCCC13)S2(=O)=O. The zero-order valence-electron chi connectivity index (χ0n) is 25.3. The Morgan fingerprint density at radius 1 is 1.05 bits per heavy atom. The van der Waals surface area contributed by atoms with Crippen molar-refractivity contribution >= 4 is 16.1 Å². The van der Waals surface area contributed by atoms with Crippen molar-refractivity contribution in [2.24, 2.45) is 5.92 Å². The minimum atomic E-state index is -4.09. The number of ether oxygens (including phenoxy) is 5. The predicted molar refractivity (Wildman–Crippen MR) is 162 cm³/mol. The van der Waals surface area contributed by atoms with Crippen molar-refractivity contribution in [3.63, 3.8) is 0 Å². The van der Waals surface area contributed by atoms with E-state index in [1.165, 1.54) is 17.5 Å². The van der Waals surface area contributed by atoms with Gasteiger partial charge in [0.05, 0.1) is 45.0 Å². The van der Waals surface area contributed by atoms with Crippen LogP contribution in [0.1, 0.15) is 50.5 Å². The number of methoxy groups -OCH3 is 1. The first-order valence-electron chi connectivity index (χ1n) is 15.6. The maximum Gasteiger partial charge on any atom is 0.407 e. The molecule has 0 aromatic heterocycles. The molecule has 2 saturated heterocycles. The third kappa shape index (κ3) is 8.22. The molecule has 0 saturated carbocycles. The van der Waals surface area contributed by atoms with E-state index in [0.29, 0.717) is 25.4 Å². The molecule has 5 atom stereocenters. The number of alkyl carbamates (subject to hydrolysis) is 1. The summed E-state index contributed by atoms with van der Waals surface area (Å²) in [6, 6.07) is 13.3. The molecule has 2 fully saturated rings. The van der Waals surface area contributed by atoms with Crippen molar-refractivity contribution in [2.45, 2.75) is 80.8 Å². The first-order valence-corrected chi connectivity index (χ1v) is 17.0. The molecule has 3 unspecified atom stereocenters. The smallest absolute Gasteiger partial charge is 0.407 e. The molecule has 1 amide bonds. The van der Waals surface area contributed by atoms with Crippen LogP contribution in [0.3, 0.4) is 0 Å². The van der Waals surface area contributed by atoms with Gasteiger partial charge in [-0.25, -0.2) is 13.2 Å². The third-order valence-electron chi connectivity index (χ3n) is 8.53. The lowest BCUT2D eigenvalue weighted by molar-refractivity contribution is -0.0907. The highest BCUT2D eigenvalue weighted by molar-refractivity contribution is 7.89. The largest absolute Gasteiger partial charge is 0.497 e. The van der Waals surface area contributed by atoms with E-state index in [9.17, 15) is 18.3 Å². The quantitative estimate of drug-likeness (QED) is 0.445. The maximum atomic E-state index is 14.2. The van der Waals surface area contributed by atoms with Gasteiger partial charge in [-0.2, -0.15) is 4.31 Å². The van der Waals surface area contributed by atoms with E-state index in [0.717, 1.165) is 44.1 Å². The Hall–Kier alpha value is -2.90. The van der Waals surface area contributed by atoms with Gasteiger partial charge in [-0.1, -0.05) is 56.0 Å². The molecule has 242 valence electrons. The van der Waals surface area contributed by atoms with Crippen LogP contribution in [0, 0.1) is 5.92 Å². The number of sulfonamides is 1. The summed E-state index contributed by atoms with van der Waals surface area (Å²) >= 11 is 0. The van der Waals surface area contributed by atoms with Crippen LogP contribution in [-0.4, -0.2) is 88.5 Å². The lowest BCUT2D eigenvalue weighted by Gasteiger charge is -2.30. The fourth-order valence-electron chi connectivity index (χ4n) is 6.03. The summed E-state index contributed by atoms with van der Waals surface area (Å²) in [6.45, 7) is 1.18. The van der Waals surface area contributed by atoms with Gasteiger partial charge in [0.2, 0.25) is 10.0 Å². The molecule has 2 aromatic carbocycles. The van der Waals surface area contributed by atoms with Gasteiger partial charge in [0, 0.05) is 19.2 Å². The number of amides is 1. The minimum absolute atomic E-state index is 0.0197. The summed E-state index contributed by atoms with van der Waals surface area (Å²) in [5.41, 5.74) is 0.879. The maximum absolute atomic E-state index is 14.2. The van der Waals surface area contributed by atoms with E-state index in [1.54, 1.807) is 12.1 Å². The number of nitrogens with one attached hydrogen (secondary N) is 1. The van der Waals surface area contributed by atoms with Crippen molar-refractivity contribution < 1.29 is 42.0 Å².